The fourth-order valence-corrected chi connectivity index (χ4v) is 2.43. The van der Waals surface area contributed by atoms with E-state index < -0.39 is 35.2 Å². The van der Waals surface area contributed by atoms with E-state index in [4.69, 9.17) is 4.74 Å². The number of aliphatic hydroxyl groups is 1. The third kappa shape index (κ3) is 1.99. The molecule has 1 heterocycles. The minimum atomic E-state index is -1.68. The van der Waals surface area contributed by atoms with E-state index in [1.807, 2.05) is 0 Å². The number of carbonyl (C=O) groups is 1. The van der Waals surface area contributed by atoms with Crippen LogP contribution in [0.1, 0.15) is 22.0 Å². The topological polar surface area (TPSA) is 127 Å². The first-order valence-electron chi connectivity index (χ1n) is 6.36. The van der Waals surface area contributed by atoms with Crippen LogP contribution in [-0.4, -0.2) is 37.4 Å². The Kier molecular flexibility index (Phi) is 3.07. The van der Waals surface area contributed by atoms with E-state index in [1.165, 1.54) is 18.2 Å². The number of hydrogen-bond donors (Lipinski definition) is 5. The minimum Gasteiger partial charge on any atom is -0.508 e. The van der Waals surface area contributed by atoms with Gasteiger partial charge in [-0.3, -0.25) is 4.79 Å². The Morgan fingerprint density at radius 2 is 1.73 bits per heavy atom. The van der Waals surface area contributed by atoms with Gasteiger partial charge in [0.05, 0.1) is 0 Å². The van der Waals surface area contributed by atoms with Gasteiger partial charge in [0.25, 0.3) is 0 Å². The number of phenols is 4. The summed E-state index contributed by atoms with van der Waals surface area (Å²) in [4.78, 5) is 12.2. The molecule has 2 aromatic rings. The molecule has 7 heteroatoms. The normalized spacial score (nSPS) is 20.3. The number of hydrogen-bond acceptors (Lipinski definition) is 7. The summed E-state index contributed by atoms with van der Waals surface area (Å²) in [6.45, 7) is 0. The van der Waals surface area contributed by atoms with Crippen LogP contribution in [0.4, 0.5) is 0 Å². The molecule has 0 saturated carbocycles. The Hall–Kier alpha value is -2.93. The van der Waals surface area contributed by atoms with E-state index in [9.17, 15) is 30.3 Å². The third-order valence-electron chi connectivity index (χ3n) is 3.47. The predicted molar refractivity (Wildman–Crippen MR) is 73.2 cm³/mol. The van der Waals surface area contributed by atoms with Gasteiger partial charge in [0.15, 0.2) is 23.7 Å². The maximum atomic E-state index is 12.2. The number of fused-ring (bicyclic) bond motifs is 1. The van der Waals surface area contributed by atoms with Crippen molar-refractivity contribution in [2.24, 2.45) is 0 Å². The fraction of sp³-hybridized carbons (Fsp3) is 0.133. The molecule has 2 atom stereocenters. The first-order valence-corrected chi connectivity index (χ1v) is 6.36. The first-order chi connectivity index (χ1) is 10.4. The molecular formula is C15H12O7. The molecule has 0 bridgehead atoms. The van der Waals surface area contributed by atoms with Gasteiger partial charge in [-0.25, -0.2) is 0 Å². The van der Waals surface area contributed by atoms with Gasteiger partial charge < -0.3 is 30.3 Å². The lowest BCUT2D eigenvalue weighted by Gasteiger charge is -2.30. The second-order valence-corrected chi connectivity index (χ2v) is 4.90. The van der Waals surface area contributed by atoms with Gasteiger partial charge in [-0.05, 0) is 6.07 Å². The van der Waals surface area contributed by atoms with Crippen LogP contribution >= 0.6 is 0 Å². The summed E-state index contributed by atoms with van der Waals surface area (Å²) in [5.41, 5.74) is -0.240. The van der Waals surface area contributed by atoms with Crippen molar-refractivity contribution in [1.82, 2.24) is 0 Å². The molecule has 3 rings (SSSR count). The number of ketones is 1. The standard InChI is InChI=1S/C15H12O7/c16-6-4-9(18)11-10(5-6)22-15(14(21)13(11)20)7-2-1-3-8(17)12(7)19/h1-5,14-19,21H/t14-,15+/m1/s1. The number of Topliss-reactive ketones (excluding diaryl/α,β-unsaturated/α-hetero) is 1. The summed E-state index contributed by atoms with van der Waals surface area (Å²) in [6, 6.07) is 6.11. The van der Waals surface area contributed by atoms with E-state index >= 15 is 0 Å². The van der Waals surface area contributed by atoms with E-state index in [0.29, 0.717) is 0 Å². The van der Waals surface area contributed by atoms with Crippen molar-refractivity contribution in [2.45, 2.75) is 12.2 Å². The molecule has 5 N–H and O–H groups in total. The number of aliphatic hydroxyl groups excluding tert-OH is 1. The van der Waals surface area contributed by atoms with Crippen LogP contribution in [0, 0.1) is 0 Å². The molecule has 0 aliphatic carbocycles. The van der Waals surface area contributed by atoms with Crippen LogP contribution in [0.15, 0.2) is 30.3 Å². The smallest absolute Gasteiger partial charge is 0.202 e. The molecule has 0 amide bonds. The van der Waals surface area contributed by atoms with Gasteiger partial charge in [0, 0.05) is 17.7 Å². The highest BCUT2D eigenvalue weighted by Gasteiger charge is 2.40. The summed E-state index contributed by atoms with van der Waals surface area (Å²) in [5, 5.41) is 48.7. The minimum absolute atomic E-state index is 0.00864. The Bertz CT molecular complexity index is 769. The molecule has 0 spiro atoms. The average Bonchev–Trinajstić information content (AvgIpc) is 2.45. The largest absolute Gasteiger partial charge is 0.508 e. The van der Waals surface area contributed by atoms with Crippen LogP contribution in [0.3, 0.4) is 0 Å². The van der Waals surface area contributed by atoms with Crippen LogP contribution < -0.4 is 4.74 Å². The molecule has 0 fully saturated rings. The van der Waals surface area contributed by atoms with Crippen molar-refractivity contribution in [3.05, 3.63) is 41.5 Å². The quantitative estimate of drug-likeness (QED) is 0.501. The highest BCUT2D eigenvalue weighted by molar-refractivity contribution is 6.05. The summed E-state index contributed by atoms with van der Waals surface area (Å²) in [5.74, 6) is -2.72. The Morgan fingerprint density at radius 3 is 2.45 bits per heavy atom. The van der Waals surface area contributed by atoms with E-state index in [-0.39, 0.29) is 22.6 Å². The van der Waals surface area contributed by atoms with Crippen LogP contribution in [0.25, 0.3) is 0 Å². The number of carbonyl (C=O) groups excluding carboxylic acids is 1. The van der Waals surface area contributed by atoms with Gasteiger partial charge >= 0.3 is 0 Å². The third-order valence-corrected chi connectivity index (χ3v) is 3.47. The average molecular weight is 304 g/mol. The fourth-order valence-electron chi connectivity index (χ4n) is 2.43. The van der Waals surface area contributed by atoms with E-state index in [2.05, 4.69) is 0 Å². The Labute approximate surface area is 124 Å². The SMILES string of the molecule is O=C1c2c(O)cc(O)cc2O[C@@H](c2cccc(O)c2O)[C@@H]1O. The van der Waals surface area contributed by atoms with E-state index in [0.717, 1.165) is 12.1 Å². The number of benzene rings is 2. The van der Waals surface area contributed by atoms with Crippen molar-refractivity contribution >= 4 is 5.78 Å². The van der Waals surface area contributed by atoms with Crippen molar-refractivity contribution in [2.75, 3.05) is 0 Å². The summed E-state index contributed by atoms with van der Waals surface area (Å²) >= 11 is 0. The molecule has 7 nitrogen and oxygen atoms in total. The van der Waals surface area contributed by atoms with Gasteiger partial charge in [-0.2, -0.15) is 0 Å². The molecule has 0 radical (unpaired) electrons. The molecule has 0 aromatic heterocycles. The Balaban J connectivity index is 2.13. The first kappa shape index (κ1) is 14.0. The summed E-state index contributed by atoms with van der Waals surface area (Å²) < 4.78 is 5.44. The van der Waals surface area contributed by atoms with Gasteiger partial charge in [-0.1, -0.05) is 12.1 Å². The zero-order valence-corrected chi connectivity index (χ0v) is 11.1. The van der Waals surface area contributed by atoms with Crippen LogP contribution in [0.2, 0.25) is 0 Å². The maximum Gasteiger partial charge on any atom is 0.202 e. The second-order valence-electron chi connectivity index (χ2n) is 4.90. The molecule has 1 aliphatic rings. The van der Waals surface area contributed by atoms with Crippen molar-refractivity contribution in [3.8, 4) is 28.7 Å². The van der Waals surface area contributed by atoms with Crippen molar-refractivity contribution < 1.29 is 35.1 Å². The molecule has 22 heavy (non-hydrogen) atoms. The molecule has 1 aliphatic heterocycles. The molecule has 114 valence electrons. The van der Waals surface area contributed by atoms with E-state index in [1.54, 1.807) is 0 Å². The molecule has 2 aromatic carbocycles. The van der Waals surface area contributed by atoms with Gasteiger partial charge in [-0.15, -0.1) is 0 Å². The van der Waals surface area contributed by atoms with Crippen LogP contribution in [-0.2, 0) is 0 Å². The molecular weight excluding hydrogens is 292 g/mol. The van der Waals surface area contributed by atoms with Gasteiger partial charge in [0.2, 0.25) is 5.78 Å². The number of ether oxygens (including phenoxy) is 1. The lowest BCUT2D eigenvalue weighted by molar-refractivity contribution is 0.0202. The zero-order valence-electron chi connectivity index (χ0n) is 11.1. The predicted octanol–water partition coefficient (Wildman–Crippen LogP) is 1.19. The lowest BCUT2D eigenvalue weighted by Crippen LogP contribution is -2.36. The lowest BCUT2D eigenvalue weighted by atomic mass is 9.92. The highest BCUT2D eigenvalue weighted by Crippen LogP contribution is 2.44. The number of aromatic hydroxyl groups is 4. The molecule has 0 saturated heterocycles. The van der Waals surface area contributed by atoms with Crippen LogP contribution in [0.5, 0.6) is 28.7 Å². The molecule has 0 unspecified atom stereocenters. The Morgan fingerprint density at radius 1 is 1.00 bits per heavy atom. The summed E-state index contributed by atoms with van der Waals surface area (Å²) in [7, 11) is 0. The zero-order chi connectivity index (χ0) is 16.0. The van der Waals surface area contributed by atoms with Crippen molar-refractivity contribution in [3.63, 3.8) is 0 Å². The second kappa shape index (κ2) is 4.81. The van der Waals surface area contributed by atoms with Gasteiger partial charge in [0.1, 0.15) is 22.8 Å². The van der Waals surface area contributed by atoms with Crippen molar-refractivity contribution in [1.29, 1.82) is 0 Å². The number of rotatable bonds is 1. The summed E-state index contributed by atoms with van der Waals surface area (Å²) in [6.07, 6.45) is -2.97. The number of para-hydroxylation sites is 1. The maximum absolute atomic E-state index is 12.2. The highest BCUT2D eigenvalue weighted by atomic mass is 16.5. The monoisotopic (exact) mass is 304 g/mol. The number of phenolic OH excluding ortho intramolecular Hbond substituents is 4.